The molecule has 0 aliphatic heterocycles. The van der Waals surface area contributed by atoms with Crippen LogP contribution in [0.2, 0.25) is 0 Å². The van der Waals surface area contributed by atoms with E-state index in [0.717, 1.165) is 0 Å². The second-order valence-electron chi connectivity index (χ2n) is 3.18. The lowest BCUT2D eigenvalue weighted by molar-refractivity contribution is 0.0942. The fourth-order valence-electron chi connectivity index (χ4n) is 1.23. The lowest BCUT2D eigenvalue weighted by Gasteiger charge is -2.12. The molecule has 0 spiro atoms. The topological polar surface area (TPSA) is 51.2 Å². The molecule has 0 saturated carbocycles. The molecule has 0 fully saturated rings. The highest BCUT2D eigenvalue weighted by Gasteiger charge is 2.14. The molecule has 1 aromatic heterocycles. The van der Waals surface area contributed by atoms with Gasteiger partial charge in [0, 0.05) is 6.20 Å². The molecule has 0 aliphatic carbocycles. The average molecular weight is 218 g/mol. The molecule has 1 aromatic rings. The molecule has 4 heteroatoms. The molecular formula is C12H14N2O2. The van der Waals surface area contributed by atoms with Gasteiger partial charge in [-0.05, 0) is 12.5 Å². The van der Waals surface area contributed by atoms with Crippen molar-refractivity contribution in [3.05, 3.63) is 24.0 Å². The zero-order valence-electron chi connectivity index (χ0n) is 9.36. The van der Waals surface area contributed by atoms with Gasteiger partial charge in [0.15, 0.2) is 0 Å². The quantitative estimate of drug-likeness (QED) is 0.773. The largest absolute Gasteiger partial charge is 0.494 e. The summed E-state index contributed by atoms with van der Waals surface area (Å²) in [6.45, 7) is 1.91. The predicted molar refractivity (Wildman–Crippen MR) is 61.2 cm³/mol. The van der Waals surface area contributed by atoms with E-state index in [-0.39, 0.29) is 11.9 Å². The summed E-state index contributed by atoms with van der Waals surface area (Å²) in [5, 5.41) is 2.72. The molecule has 1 unspecified atom stereocenters. The SMILES string of the molecule is C#CC(CC)NC(=O)c1ccncc1OC. The van der Waals surface area contributed by atoms with Crippen LogP contribution in [0.4, 0.5) is 0 Å². The lowest BCUT2D eigenvalue weighted by atomic mass is 10.2. The second-order valence-corrected chi connectivity index (χ2v) is 3.18. The Morgan fingerprint density at radius 1 is 1.75 bits per heavy atom. The maximum atomic E-state index is 11.8. The molecule has 0 bridgehead atoms. The van der Waals surface area contributed by atoms with Crippen molar-refractivity contribution in [2.45, 2.75) is 19.4 Å². The highest BCUT2D eigenvalue weighted by molar-refractivity contribution is 5.97. The number of terminal acetylenes is 1. The number of amides is 1. The zero-order chi connectivity index (χ0) is 12.0. The van der Waals surface area contributed by atoms with Crippen LogP contribution in [0, 0.1) is 12.3 Å². The number of methoxy groups -OCH3 is 1. The summed E-state index contributed by atoms with van der Waals surface area (Å²) in [5.41, 5.74) is 0.436. The fourth-order valence-corrected chi connectivity index (χ4v) is 1.23. The highest BCUT2D eigenvalue weighted by Crippen LogP contribution is 2.15. The number of ether oxygens (including phenoxy) is 1. The summed E-state index contributed by atoms with van der Waals surface area (Å²) in [4.78, 5) is 15.7. The van der Waals surface area contributed by atoms with Gasteiger partial charge in [0.1, 0.15) is 5.75 Å². The summed E-state index contributed by atoms with van der Waals surface area (Å²) in [6.07, 6.45) is 8.99. The maximum absolute atomic E-state index is 11.8. The van der Waals surface area contributed by atoms with E-state index in [0.29, 0.717) is 17.7 Å². The summed E-state index contributed by atoms with van der Waals surface area (Å²) in [5.74, 6) is 2.69. The van der Waals surface area contributed by atoms with Crippen molar-refractivity contribution >= 4 is 5.91 Å². The monoisotopic (exact) mass is 218 g/mol. The van der Waals surface area contributed by atoms with Gasteiger partial charge in [0.05, 0.1) is 24.9 Å². The van der Waals surface area contributed by atoms with Gasteiger partial charge in [0.2, 0.25) is 0 Å². The van der Waals surface area contributed by atoms with E-state index in [4.69, 9.17) is 11.2 Å². The van der Waals surface area contributed by atoms with E-state index in [1.807, 2.05) is 6.92 Å². The Bertz CT molecular complexity index is 410. The highest BCUT2D eigenvalue weighted by atomic mass is 16.5. The van der Waals surface area contributed by atoms with Gasteiger partial charge in [-0.15, -0.1) is 6.42 Å². The minimum absolute atomic E-state index is 0.246. The summed E-state index contributed by atoms with van der Waals surface area (Å²) < 4.78 is 5.04. The number of carbonyl (C=O) groups excluding carboxylic acids is 1. The number of nitrogens with one attached hydrogen (secondary N) is 1. The van der Waals surface area contributed by atoms with Crippen LogP contribution in [0.3, 0.4) is 0 Å². The van der Waals surface area contributed by atoms with Gasteiger partial charge in [-0.25, -0.2) is 0 Å². The fraction of sp³-hybridized carbons (Fsp3) is 0.333. The molecule has 0 aromatic carbocycles. The first kappa shape index (κ1) is 12.1. The van der Waals surface area contributed by atoms with Crippen LogP contribution in [0.5, 0.6) is 5.75 Å². The van der Waals surface area contributed by atoms with E-state index in [9.17, 15) is 4.79 Å². The first-order chi connectivity index (χ1) is 7.72. The third kappa shape index (κ3) is 2.74. The van der Waals surface area contributed by atoms with Gasteiger partial charge in [-0.1, -0.05) is 12.8 Å². The average Bonchev–Trinajstić information content (AvgIpc) is 2.35. The van der Waals surface area contributed by atoms with Crippen LogP contribution >= 0.6 is 0 Å². The molecule has 1 heterocycles. The van der Waals surface area contributed by atoms with Gasteiger partial charge in [-0.3, -0.25) is 9.78 Å². The molecule has 0 radical (unpaired) electrons. The lowest BCUT2D eigenvalue weighted by Crippen LogP contribution is -2.33. The van der Waals surface area contributed by atoms with Crippen molar-refractivity contribution in [1.82, 2.24) is 10.3 Å². The minimum Gasteiger partial charge on any atom is -0.494 e. The van der Waals surface area contributed by atoms with Crippen molar-refractivity contribution < 1.29 is 9.53 Å². The summed E-state index contributed by atoms with van der Waals surface area (Å²) in [7, 11) is 1.49. The molecule has 1 atom stereocenters. The van der Waals surface area contributed by atoms with E-state index in [1.165, 1.54) is 19.5 Å². The number of hydrogen-bond acceptors (Lipinski definition) is 3. The predicted octanol–water partition coefficient (Wildman–Crippen LogP) is 1.23. The second kappa shape index (κ2) is 5.76. The van der Waals surface area contributed by atoms with E-state index >= 15 is 0 Å². The Morgan fingerprint density at radius 3 is 3.06 bits per heavy atom. The Morgan fingerprint density at radius 2 is 2.50 bits per heavy atom. The number of pyridine rings is 1. The van der Waals surface area contributed by atoms with Gasteiger partial charge < -0.3 is 10.1 Å². The Hall–Kier alpha value is -2.02. The first-order valence-corrected chi connectivity index (χ1v) is 4.97. The standard InChI is InChI=1S/C12H14N2O2/c1-4-9(5-2)14-12(15)10-6-7-13-8-11(10)16-3/h1,6-9H,5H2,2-3H3,(H,14,15). The smallest absolute Gasteiger partial charge is 0.256 e. The molecule has 0 aliphatic rings. The van der Waals surface area contributed by atoms with Gasteiger partial charge >= 0.3 is 0 Å². The molecule has 1 rings (SSSR count). The number of aromatic nitrogens is 1. The van der Waals surface area contributed by atoms with Crippen molar-refractivity contribution in [2.75, 3.05) is 7.11 Å². The van der Waals surface area contributed by atoms with Gasteiger partial charge in [-0.2, -0.15) is 0 Å². The van der Waals surface area contributed by atoms with Crippen LogP contribution in [-0.2, 0) is 0 Å². The zero-order valence-corrected chi connectivity index (χ0v) is 9.36. The minimum atomic E-state index is -0.259. The van der Waals surface area contributed by atoms with Crippen LogP contribution in [-0.4, -0.2) is 24.0 Å². The normalized spacial score (nSPS) is 11.3. The third-order valence-electron chi connectivity index (χ3n) is 2.16. The first-order valence-electron chi connectivity index (χ1n) is 4.97. The van der Waals surface area contributed by atoms with E-state index < -0.39 is 0 Å². The molecule has 0 saturated heterocycles. The molecule has 4 nitrogen and oxygen atoms in total. The van der Waals surface area contributed by atoms with Crippen LogP contribution in [0.1, 0.15) is 23.7 Å². The van der Waals surface area contributed by atoms with E-state index in [1.54, 1.807) is 6.07 Å². The Balaban J connectivity index is 2.85. The van der Waals surface area contributed by atoms with E-state index in [2.05, 4.69) is 16.2 Å². The number of nitrogens with zero attached hydrogens (tertiary/aromatic N) is 1. The molecule has 1 N–H and O–H groups in total. The van der Waals surface area contributed by atoms with Crippen molar-refractivity contribution in [2.24, 2.45) is 0 Å². The molecular weight excluding hydrogens is 204 g/mol. The van der Waals surface area contributed by atoms with Crippen LogP contribution in [0.15, 0.2) is 18.5 Å². The molecule has 1 amide bonds. The van der Waals surface area contributed by atoms with Gasteiger partial charge in [0.25, 0.3) is 5.91 Å². The molecule has 16 heavy (non-hydrogen) atoms. The maximum Gasteiger partial charge on any atom is 0.256 e. The van der Waals surface area contributed by atoms with Crippen LogP contribution < -0.4 is 10.1 Å². The number of hydrogen-bond donors (Lipinski definition) is 1. The van der Waals surface area contributed by atoms with Crippen LogP contribution in [0.25, 0.3) is 0 Å². The molecule has 84 valence electrons. The van der Waals surface area contributed by atoms with Crippen molar-refractivity contribution in [3.8, 4) is 18.1 Å². The van der Waals surface area contributed by atoms with Crippen molar-refractivity contribution in [3.63, 3.8) is 0 Å². The summed E-state index contributed by atoms with van der Waals surface area (Å²) >= 11 is 0. The third-order valence-corrected chi connectivity index (χ3v) is 2.16. The summed E-state index contributed by atoms with van der Waals surface area (Å²) in [6, 6.07) is 1.34. The number of carbonyl (C=O) groups is 1. The number of rotatable bonds is 4. The Labute approximate surface area is 95.0 Å². The Kier molecular flexibility index (Phi) is 4.34. The van der Waals surface area contributed by atoms with Crippen molar-refractivity contribution in [1.29, 1.82) is 0 Å².